The first kappa shape index (κ1) is 20.9. The lowest BCUT2D eigenvalue weighted by atomic mass is 9.85. The summed E-state index contributed by atoms with van der Waals surface area (Å²) in [7, 11) is 0. The van der Waals surface area contributed by atoms with Crippen LogP contribution in [0.25, 0.3) is 0 Å². The van der Waals surface area contributed by atoms with Crippen LogP contribution in [0.3, 0.4) is 0 Å². The van der Waals surface area contributed by atoms with Crippen LogP contribution in [0.1, 0.15) is 86.0 Å². The number of rotatable bonds is 12. The molecule has 0 unspecified atom stereocenters. The first-order valence-corrected chi connectivity index (χ1v) is 8.80. The van der Waals surface area contributed by atoms with E-state index < -0.39 is 5.60 Å². The lowest BCUT2D eigenvalue weighted by Crippen LogP contribution is -2.36. The molecule has 0 aliphatic rings. The Balaban J connectivity index is 4.71. The number of carbonyl (C=O) groups excluding carboxylic acids is 2. The van der Waals surface area contributed by atoms with Crippen LogP contribution in [0.15, 0.2) is 12.2 Å². The molecule has 2 atom stereocenters. The average Bonchev–Trinajstić information content (AvgIpc) is 2.49. The molecule has 0 saturated heterocycles. The zero-order valence-electron chi connectivity index (χ0n) is 15.1. The van der Waals surface area contributed by atoms with E-state index in [1.54, 1.807) is 0 Å². The van der Waals surface area contributed by atoms with E-state index in [2.05, 4.69) is 26.0 Å². The van der Waals surface area contributed by atoms with Gasteiger partial charge in [-0.05, 0) is 44.4 Å². The fourth-order valence-corrected chi connectivity index (χ4v) is 2.79. The molecule has 0 aromatic rings. The number of hydrogen-bond donors (Lipinski definition) is 0. The maximum Gasteiger partial charge on any atom is 0.303 e. The van der Waals surface area contributed by atoms with E-state index in [9.17, 15) is 9.59 Å². The molecule has 0 spiro atoms. The highest BCUT2D eigenvalue weighted by molar-refractivity contribution is 5.79. The smallest absolute Gasteiger partial charge is 0.303 e. The van der Waals surface area contributed by atoms with Gasteiger partial charge in [-0.25, -0.2) is 0 Å². The van der Waals surface area contributed by atoms with Gasteiger partial charge in [0.1, 0.15) is 11.4 Å². The third kappa shape index (κ3) is 8.35. The maximum atomic E-state index is 11.9. The highest BCUT2D eigenvalue weighted by Gasteiger charge is 2.33. The molecule has 22 heavy (non-hydrogen) atoms. The molecule has 0 aromatic heterocycles. The molecule has 0 aromatic carbocycles. The molecule has 0 heterocycles. The molecule has 0 aliphatic carbocycles. The van der Waals surface area contributed by atoms with Gasteiger partial charge in [0.05, 0.1) is 0 Å². The fraction of sp³-hybridized carbons (Fsp3) is 0.789. The van der Waals surface area contributed by atoms with Gasteiger partial charge < -0.3 is 4.74 Å². The van der Waals surface area contributed by atoms with Crippen LogP contribution in [-0.4, -0.2) is 17.4 Å². The Morgan fingerprint density at radius 2 is 1.86 bits per heavy atom. The minimum Gasteiger partial charge on any atom is -0.459 e. The van der Waals surface area contributed by atoms with Crippen molar-refractivity contribution in [3.05, 3.63) is 12.2 Å². The lowest BCUT2D eigenvalue weighted by Gasteiger charge is -2.32. The Morgan fingerprint density at radius 1 is 1.18 bits per heavy atom. The molecule has 0 saturated carbocycles. The van der Waals surface area contributed by atoms with Gasteiger partial charge in [-0.2, -0.15) is 0 Å². The van der Waals surface area contributed by atoms with Gasteiger partial charge in [0.2, 0.25) is 0 Å². The summed E-state index contributed by atoms with van der Waals surface area (Å²) in [5.41, 5.74) is -0.605. The Kier molecular flexibility index (Phi) is 10.9. The molecule has 0 fully saturated rings. The van der Waals surface area contributed by atoms with Crippen LogP contribution in [0.2, 0.25) is 0 Å². The van der Waals surface area contributed by atoms with Crippen LogP contribution in [0.4, 0.5) is 0 Å². The third-order valence-corrected chi connectivity index (χ3v) is 4.29. The number of ketones is 1. The van der Waals surface area contributed by atoms with Crippen molar-refractivity contribution in [3.63, 3.8) is 0 Å². The summed E-state index contributed by atoms with van der Waals surface area (Å²) in [5, 5.41) is 0. The first-order valence-electron chi connectivity index (χ1n) is 8.80. The summed E-state index contributed by atoms with van der Waals surface area (Å²) in [5.74, 6) is 0.457. The highest BCUT2D eigenvalue weighted by Crippen LogP contribution is 2.30. The molecule has 0 radical (unpaired) electrons. The van der Waals surface area contributed by atoms with E-state index in [0.29, 0.717) is 25.2 Å². The molecule has 0 N–H and O–H groups in total. The van der Waals surface area contributed by atoms with Gasteiger partial charge >= 0.3 is 5.97 Å². The lowest BCUT2D eigenvalue weighted by molar-refractivity contribution is -0.160. The summed E-state index contributed by atoms with van der Waals surface area (Å²) >= 11 is 0. The minimum absolute atomic E-state index is 0.168. The first-order chi connectivity index (χ1) is 10.4. The number of hydrogen-bond acceptors (Lipinski definition) is 3. The molecule has 0 rings (SSSR count). The third-order valence-electron chi connectivity index (χ3n) is 4.29. The average molecular weight is 310 g/mol. The Morgan fingerprint density at radius 3 is 2.32 bits per heavy atom. The van der Waals surface area contributed by atoms with Crippen molar-refractivity contribution < 1.29 is 14.3 Å². The molecule has 128 valence electrons. The van der Waals surface area contributed by atoms with Crippen LogP contribution in [0.5, 0.6) is 0 Å². The molecule has 3 nitrogen and oxygen atoms in total. The summed E-state index contributed by atoms with van der Waals surface area (Å²) in [4.78, 5) is 23.3. The molecule has 0 aliphatic heterocycles. The maximum absolute atomic E-state index is 11.9. The molecule has 0 amide bonds. The summed E-state index contributed by atoms with van der Waals surface area (Å²) < 4.78 is 5.58. The predicted octanol–water partition coefficient (Wildman–Crippen LogP) is 5.23. The quantitative estimate of drug-likeness (QED) is 0.366. The van der Waals surface area contributed by atoms with Crippen molar-refractivity contribution in [2.45, 2.75) is 91.6 Å². The van der Waals surface area contributed by atoms with Crippen LogP contribution < -0.4 is 0 Å². The van der Waals surface area contributed by atoms with Crippen LogP contribution >= 0.6 is 0 Å². The second kappa shape index (κ2) is 11.4. The van der Waals surface area contributed by atoms with Gasteiger partial charge in [-0.15, -0.1) is 0 Å². The summed E-state index contributed by atoms with van der Waals surface area (Å²) in [6.45, 7) is 9.63. The fourth-order valence-electron chi connectivity index (χ4n) is 2.79. The van der Waals surface area contributed by atoms with E-state index >= 15 is 0 Å². The predicted molar refractivity (Wildman–Crippen MR) is 91.8 cm³/mol. The van der Waals surface area contributed by atoms with Gasteiger partial charge in [0.15, 0.2) is 0 Å². The largest absolute Gasteiger partial charge is 0.459 e. The minimum atomic E-state index is -0.605. The zero-order chi connectivity index (χ0) is 17.0. The van der Waals surface area contributed by atoms with E-state index in [4.69, 9.17) is 4.74 Å². The van der Waals surface area contributed by atoms with Gasteiger partial charge in [-0.3, -0.25) is 9.59 Å². The van der Waals surface area contributed by atoms with E-state index in [0.717, 1.165) is 32.1 Å². The van der Waals surface area contributed by atoms with Crippen molar-refractivity contribution >= 4 is 11.8 Å². The second-order valence-corrected chi connectivity index (χ2v) is 6.10. The topological polar surface area (TPSA) is 43.4 Å². The van der Waals surface area contributed by atoms with E-state index in [-0.39, 0.29) is 11.8 Å². The number of esters is 1. The highest BCUT2D eigenvalue weighted by atomic mass is 16.6. The Hall–Kier alpha value is -1.12. The number of Topliss-reactive ketones (excluding diaryl/α,β-unsaturated/α-hetero) is 1. The van der Waals surface area contributed by atoms with Crippen molar-refractivity contribution in [1.29, 1.82) is 0 Å². The Labute approximate surface area is 136 Å². The summed E-state index contributed by atoms with van der Waals surface area (Å²) in [6.07, 6.45) is 11.1. The van der Waals surface area contributed by atoms with Crippen LogP contribution in [0, 0.1) is 5.92 Å². The normalized spacial score (nSPS) is 15.5. The van der Waals surface area contributed by atoms with Crippen molar-refractivity contribution in [3.8, 4) is 0 Å². The number of carbonyl (C=O) groups is 2. The van der Waals surface area contributed by atoms with Crippen molar-refractivity contribution in [2.24, 2.45) is 5.92 Å². The standard InChI is InChI=1S/C19H34O3/c1-6-10-12-17(7-2)13-11-14-19(9-4,22-16(5)20)15-18(21)8-3/h10,12,17H,6-9,11,13-15H2,1-5H3/b12-10+/t17-,19+/m1/s1. The van der Waals surface area contributed by atoms with Gasteiger partial charge in [-0.1, -0.05) is 39.8 Å². The van der Waals surface area contributed by atoms with E-state index in [1.807, 2.05) is 13.8 Å². The zero-order valence-corrected chi connectivity index (χ0v) is 15.1. The molecule has 0 bridgehead atoms. The molecular weight excluding hydrogens is 276 g/mol. The van der Waals surface area contributed by atoms with Crippen LogP contribution in [-0.2, 0) is 14.3 Å². The molecular formula is C19H34O3. The SMILES string of the molecule is CC/C=C/[C@@H](CC)CCC[C@@](CC)(CC(=O)CC)OC(C)=O. The monoisotopic (exact) mass is 310 g/mol. The van der Waals surface area contributed by atoms with Crippen molar-refractivity contribution in [1.82, 2.24) is 0 Å². The Bertz CT molecular complexity index is 360. The van der Waals surface area contributed by atoms with E-state index in [1.165, 1.54) is 6.92 Å². The van der Waals surface area contributed by atoms with Crippen molar-refractivity contribution in [2.75, 3.05) is 0 Å². The number of ether oxygens (including phenoxy) is 1. The number of allylic oxidation sites excluding steroid dienone is 2. The second-order valence-electron chi connectivity index (χ2n) is 6.10. The van der Waals surface area contributed by atoms with Gasteiger partial charge in [0, 0.05) is 19.8 Å². The summed E-state index contributed by atoms with van der Waals surface area (Å²) in [6, 6.07) is 0. The molecule has 3 heteroatoms. The van der Waals surface area contributed by atoms with Gasteiger partial charge in [0.25, 0.3) is 0 Å².